The lowest BCUT2D eigenvalue weighted by Crippen LogP contribution is -2.61. The number of hydrogen-bond donors (Lipinski definition) is 3. The van der Waals surface area contributed by atoms with E-state index in [4.69, 9.17) is 23.7 Å². The van der Waals surface area contributed by atoms with Gasteiger partial charge in [-0.2, -0.15) is 0 Å². The van der Waals surface area contributed by atoms with Crippen LogP contribution in [0.15, 0.2) is 97.2 Å². The summed E-state index contributed by atoms with van der Waals surface area (Å²) in [5.74, 6) is -3.19. The molecule has 3 N–H and O–H groups in total. The number of allylic oxidation sites excluding steroid dienone is 16. The Morgan fingerprint density at radius 3 is 1.24 bits per heavy atom. The van der Waals surface area contributed by atoms with Crippen LogP contribution in [0.25, 0.3) is 0 Å². The first kappa shape index (κ1) is 72.7. The predicted octanol–water partition coefficient (Wildman–Crippen LogP) is 16.5. The quantitative estimate of drug-likeness (QED) is 0.0228. The molecule has 79 heavy (non-hydrogen) atoms. The second-order valence-corrected chi connectivity index (χ2v) is 20.9. The maximum absolute atomic E-state index is 13.2. The van der Waals surface area contributed by atoms with Gasteiger partial charge in [0.15, 0.2) is 24.6 Å². The lowest BCUT2D eigenvalue weighted by molar-refractivity contribution is -0.301. The highest BCUT2D eigenvalue weighted by Crippen LogP contribution is 2.26. The van der Waals surface area contributed by atoms with Crippen LogP contribution < -0.4 is 0 Å². The monoisotopic (exact) mass is 1110 g/mol. The third-order valence-electron chi connectivity index (χ3n) is 13.7. The molecular formula is C67H110O12. The minimum Gasteiger partial charge on any atom is -0.479 e. The van der Waals surface area contributed by atoms with Crippen LogP contribution in [-0.2, 0) is 42.9 Å². The number of esters is 3. The summed E-state index contributed by atoms with van der Waals surface area (Å²) in [6, 6.07) is 0. The summed E-state index contributed by atoms with van der Waals surface area (Å²) >= 11 is 0. The van der Waals surface area contributed by atoms with Gasteiger partial charge in [-0.1, -0.05) is 234 Å². The molecule has 0 saturated carbocycles. The van der Waals surface area contributed by atoms with Gasteiger partial charge >= 0.3 is 23.9 Å². The Morgan fingerprint density at radius 2 is 0.797 bits per heavy atom. The fourth-order valence-electron chi connectivity index (χ4n) is 8.94. The van der Waals surface area contributed by atoms with Crippen molar-refractivity contribution in [3.05, 3.63) is 97.2 Å². The van der Waals surface area contributed by atoms with Crippen LogP contribution in [0.4, 0.5) is 0 Å². The number of carbonyl (C=O) groups is 4. The van der Waals surface area contributed by atoms with Crippen molar-refractivity contribution in [3.8, 4) is 0 Å². The van der Waals surface area contributed by atoms with E-state index in [1.807, 2.05) is 0 Å². The fourth-order valence-corrected chi connectivity index (χ4v) is 8.94. The maximum Gasteiger partial charge on any atom is 0.335 e. The average molecular weight is 1110 g/mol. The summed E-state index contributed by atoms with van der Waals surface area (Å²) in [7, 11) is 0. The second kappa shape index (κ2) is 54.2. The van der Waals surface area contributed by atoms with Crippen molar-refractivity contribution >= 4 is 23.9 Å². The Bertz CT molecular complexity index is 1740. The smallest absolute Gasteiger partial charge is 0.335 e. The van der Waals surface area contributed by atoms with Crippen LogP contribution in [0.2, 0.25) is 0 Å². The Labute approximate surface area is 479 Å². The Morgan fingerprint density at radius 1 is 0.430 bits per heavy atom. The molecule has 1 aliphatic heterocycles. The van der Waals surface area contributed by atoms with Gasteiger partial charge in [0, 0.05) is 19.3 Å². The van der Waals surface area contributed by atoms with Crippen molar-refractivity contribution in [1.29, 1.82) is 0 Å². The Balaban J connectivity index is 2.70. The standard InChI is InChI=1S/C67H110O12/c1-4-7-10-13-16-19-22-25-28-29-30-31-34-35-38-41-44-47-50-53-59(68)75-56-58(77-60(69)54-51-48-45-42-39-36-32-26-23-20-17-14-11-8-5-2)57-76-67-65(63(72)62(71)64(79-67)66(73)74)78-61(70)55-52-49-46-43-40-37-33-27-24-21-18-15-12-9-6-3/h7-8,10-11,16-17,19-20,25-26,28,30-32,39,42,58,62-65,67,71-72H,4-6,9,12-15,18,21-24,27,29,33-38,40-41,43-57H2,1-3H3,(H,73,74)/b10-7-,11-8-,19-16-,20-17-,28-25-,31-30-,32-26-,42-39-. The van der Waals surface area contributed by atoms with E-state index in [-0.39, 0.29) is 25.9 Å². The summed E-state index contributed by atoms with van der Waals surface area (Å²) in [6.45, 7) is 5.73. The Hall–Kier alpha value is -4.36. The van der Waals surface area contributed by atoms with Gasteiger partial charge in [-0.05, 0) is 96.3 Å². The highest BCUT2D eigenvalue weighted by Gasteiger charge is 2.50. The number of hydrogen-bond acceptors (Lipinski definition) is 11. The summed E-state index contributed by atoms with van der Waals surface area (Å²) in [6.07, 6.45) is 59.4. The second-order valence-electron chi connectivity index (χ2n) is 20.9. The van der Waals surface area contributed by atoms with Gasteiger partial charge in [0.25, 0.3) is 0 Å². The first-order valence-corrected chi connectivity index (χ1v) is 31.2. The third kappa shape index (κ3) is 44.0. The highest BCUT2D eigenvalue weighted by atomic mass is 16.7. The number of aliphatic hydroxyl groups is 2. The van der Waals surface area contributed by atoms with E-state index in [0.29, 0.717) is 19.3 Å². The van der Waals surface area contributed by atoms with E-state index in [0.717, 1.165) is 128 Å². The number of aliphatic carboxylic acids is 1. The van der Waals surface area contributed by atoms with Gasteiger partial charge in [0.05, 0.1) is 6.61 Å². The SMILES string of the molecule is CC/C=C\C/C=C\C/C=C\C/C=C\CCCCCCCCC(=O)OCC(COC1OC(C(=O)O)C(O)C(O)C1OC(=O)CCCCCCCCCCCCCCCCC)OC(=O)CCCC/C=C\C/C=C\C/C=C\C/C=C\CC. The van der Waals surface area contributed by atoms with Crippen LogP contribution >= 0.6 is 0 Å². The van der Waals surface area contributed by atoms with Crippen molar-refractivity contribution in [2.75, 3.05) is 13.2 Å². The van der Waals surface area contributed by atoms with Crippen molar-refractivity contribution in [2.24, 2.45) is 0 Å². The molecule has 0 aromatic carbocycles. The molecule has 1 fully saturated rings. The molecule has 1 aliphatic rings. The van der Waals surface area contributed by atoms with Gasteiger partial charge in [0.1, 0.15) is 18.8 Å². The molecule has 450 valence electrons. The number of rotatable bonds is 52. The van der Waals surface area contributed by atoms with Gasteiger partial charge < -0.3 is 39.0 Å². The first-order chi connectivity index (χ1) is 38.6. The number of unbranched alkanes of at least 4 members (excludes halogenated alkanes) is 22. The lowest BCUT2D eigenvalue weighted by Gasteiger charge is -2.40. The van der Waals surface area contributed by atoms with E-state index >= 15 is 0 Å². The molecule has 0 radical (unpaired) electrons. The maximum atomic E-state index is 13.2. The molecule has 6 atom stereocenters. The summed E-state index contributed by atoms with van der Waals surface area (Å²) in [5.41, 5.74) is 0. The number of aliphatic hydroxyl groups excluding tert-OH is 2. The van der Waals surface area contributed by atoms with Gasteiger partial charge in [-0.25, -0.2) is 4.79 Å². The molecule has 12 nitrogen and oxygen atoms in total. The molecule has 0 amide bonds. The minimum absolute atomic E-state index is 0.0534. The van der Waals surface area contributed by atoms with E-state index in [2.05, 4.69) is 118 Å². The van der Waals surface area contributed by atoms with Crippen LogP contribution in [0.5, 0.6) is 0 Å². The number of carboxylic acid groups (broad SMARTS) is 1. The predicted molar refractivity (Wildman–Crippen MR) is 321 cm³/mol. The van der Waals surface area contributed by atoms with Crippen molar-refractivity contribution < 1.29 is 58.2 Å². The van der Waals surface area contributed by atoms with Crippen molar-refractivity contribution in [3.63, 3.8) is 0 Å². The lowest BCUT2D eigenvalue weighted by atomic mass is 9.98. The summed E-state index contributed by atoms with van der Waals surface area (Å²) < 4.78 is 28.4. The van der Waals surface area contributed by atoms with Gasteiger partial charge in [-0.15, -0.1) is 0 Å². The van der Waals surface area contributed by atoms with E-state index in [9.17, 15) is 34.5 Å². The molecule has 0 aromatic heterocycles. The van der Waals surface area contributed by atoms with Crippen LogP contribution in [-0.4, -0.2) is 89.2 Å². The van der Waals surface area contributed by atoms with E-state index in [1.54, 1.807) is 0 Å². The van der Waals surface area contributed by atoms with Crippen LogP contribution in [0.1, 0.15) is 252 Å². The zero-order valence-electron chi connectivity index (χ0n) is 49.6. The zero-order chi connectivity index (χ0) is 57.5. The molecular weight excluding hydrogens is 997 g/mol. The van der Waals surface area contributed by atoms with Gasteiger partial charge in [0.2, 0.25) is 0 Å². The molecule has 0 aliphatic carbocycles. The normalized spacial score (nSPS) is 18.5. The highest BCUT2D eigenvalue weighted by molar-refractivity contribution is 5.74. The molecule has 1 heterocycles. The first-order valence-electron chi connectivity index (χ1n) is 31.2. The fraction of sp³-hybridized carbons (Fsp3) is 0.701. The summed E-state index contributed by atoms with van der Waals surface area (Å²) in [4.78, 5) is 51.2. The number of carbonyl (C=O) groups excluding carboxylic acids is 3. The molecule has 6 unspecified atom stereocenters. The minimum atomic E-state index is -1.91. The molecule has 1 rings (SSSR count). The average Bonchev–Trinajstić information content (AvgIpc) is 3.46. The largest absolute Gasteiger partial charge is 0.479 e. The van der Waals surface area contributed by atoms with Gasteiger partial charge in [-0.3, -0.25) is 14.4 Å². The molecule has 1 saturated heterocycles. The van der Waals surface area contributed by atoms with E-state index < -0.39 is 67.3 Å². The van der Waals surface area contributed by atoms with Crippen molar-refractivity contribution in [2.45, 2.75) is 289 Å². The van der Waals surface area contributed by atoms with E-state index in [1.165, 1.54) is 64.2 Å². The molecule has 0 aromatic rings. The summed E-state index contributed by atoms with van der Waals surface area (Å²) in [5, 5.41) is 31.5. The van der Waals surface area contributed by atoms with Crippen LogP contribution in [0.3, 0.4) is 0 Å². The zero-order valence-corrected chi connectivity index (χ0v) is 49.6. The van der Waals surface area contributed by atoms with Crippen molar-refractivity contribution in [1.82, 2.24) is 0 Å². The Kier molecular flexibility index (Phi) is 49.9. The number of carboxylic acids is 1. The third-order valence-corrected chi connectivity index (χ3v) is 13.7. The molecule has 0 bridgehead atoms. The number of ether oxygens (including phenoxy) is 5. The van der Waals surface area contributed by atoms with Crippen LogP contribution in [0, 0.1) is 0 Å². The molecule has 0 spiro atoms. The topological polar surface area (TPSA) is 175 Å². The molecule has 12 heteroatoms.